The molecule has 0 radical (unpaired) electrons. The lowest BCUT2D eigenvalue weighted by Crippen LogP contribution is -2.69. The molecule has 0 heterocycles. The van der Waals surface area contributed by atoms with Gasteiger partial charge in [-0.2, -0.15) is 123 Å². The normalized spacial score (nSPS) is 17.1. The SMILES string of the molecule is FC(OC(F)=C(F)C(F)(F)C(F)(F)C(F)(F)N(C(F)(F)F)C(F)(F)F)=C(F)C(F)(F)C(F)(F)C(F)(F)N(C(F)(F)F)C(F)(F)F. The predicted molar refractivity (Wildman–Crippen MR) is 77.1 cm³/mol. The summed E-state index contributed by atoms with van der Waals surface area (Å²) in [7, 11) is 0. The van der Waals surface area contributed by atoms with Gasteiger partial charge in [-0.25, -0.2) is 0 Å². The van der Waals surface area contributed by atoms with Crippen LogP contribution in [0.25, 0.3) is 0 Å². The first-order chi connectivity index (χ1) is 19.1. The van der Waals surface area contributed by atoms with Crippen LogP contribution in [0.1, 0.15) is 0 Å². The van der Waals surface area contributed by atoms with Crippen LogP contribution in [0.5, 0.6) is 0 Å². The van der Waals surface area contributed by atoms with Gasteiger partial charge in [0.25, 0.3) is 0 Å². The van der Waals surface area contributed by atoms with Crippen molar-refractivity contribution in [2.75, 3.05) is 0 Å². The maximum atomic E-state index is 13.5. The highest BCUT2D eigenvalue weighted by molar-refractivity contribution is 5.19. The Morgan fingerprint density at radius 3 is 0.667 bits per heavy atom. The van der Waals surface area contributed by atoms with Crippen molar-refractivity contribution in [3.63, 3.8) is 0 Å². The Balaban J connectivity index is 7.05. The van der Waals surface area contributed by atoms with Gasteiger partial charge in [-0.3, -0.25) is 0 Å². The summed E-state index contributed by atoms with van der Waals surface area (Å²) in [6.07, 6.45) is -31.4. The molecule has 0 rings (SSSR count). The molecule has 0 unspecified atom stereocenters. The van der Waals surface area contributed by atoms with E-state index in [1.54, 1.807) is 4.74 Å². The van der Waals surface area contributed by atoms with Gasteiger partial charge in [0.05, 0.1) is 0 Å². The monoisotopic (exact) mass is 744 g/mol. The van der Waals surface area contributed by atoms with Crippen LogP contribution in [0.15, 0.2) is 23.7 Å². The van der Waals surface area contributed by atoms with Crippen molar-refractivity contribution in [1.82, 2.24) is 9.80 Å². The molecule has 268 valence electrons. The molecular formula is C14F28N2O. The maximum absolute atomic E-state index is 13.5. The molecule has 0 N–H and O–H groups in total. The van der Waals surface area contributed by atoms with E-state index in [0.29, 0.717) is 0 Å². The highest BCUT2D eigenvalue weighted by Crippen LogP contribution is 2.58. The number of ether oxygens (including phenoxy) is 1. The van der Waals surface area contributed by atoms with Gasteiger partial charge in [-0.1, -0.05) is 9.80 Å². The fraction of sp³-hybridized carbons (Fsp3) is 0.714. The molecule has 0 amide bonds. The molecule has 45 heavy (non-hydrogen) atoms. The molecule has 0 aromatic rings. The van der Waals surface area contributed by atoms with E-state index in [1.807, 2.05) is 0 Å². The van der Waals surface area contributed by atoms with Crippen molar-refractivity contribution in [2.45, 2.75) is 61.0 Å². The molecule has 0 aromatic carbocycles. The zero-order valence-corrected chi connectivity index (χ0v) is 18.9. The number of allylic oxidation sites excluding steroid dienone is 2. The zero-order valence-electron chi connectivity index (χ0n) is 18.9. The lowest BCUT2D eigenvalue weighted by molar-refractivity contribution is -0.483. The van der Waals surface area contributed by atoms with E-state index >= 15 is 0 Å². The maximum Gasteiger partial charge on any atom is 0.472 e. The van der Waals surface area contributed by atoms with Gasteiger partial charge in [-0.05, 0) is 0 Å². The van der Waals surface area contributed by atoms with Crippen LogP contribution < -0.4 is 0 Å². The van der Waals surface area contributed by atoms with E-state index in [9.17, 15) is 123 Å². The smallest absolute Gasteiger partial charge is 0.400 e. The van der Waals surface area contributed by atoms with Crippen molar-refractivity contribution >= 4 is 0 Å². The number of nitrogens with zero attached hydrogens (tertiary/aromatic N) is 2. The second-order valence-electron chi connectivity index (χ2n) is 7.20. The third kappa shape index (κ3) is 7.30. The molecule has 0 bridgehead atoms. The summed E-state index contributed by atoms with van der Waals surface area (Å²) < 4.78 is 363. The fourth-order valence-electron chi connectivity index (χ4n) is 2.27. The molecular weight excluding hydrogens is 744 g/mol. The van der Waals surface area contributed by atoms with Crippen molar-refractivity contribution in [3.8, 4) is 0 Å². The van der Waals surface area contributed by atoms with Gasteiger partial charge < -0.3 is 4.74 Å². The first-order valence-electron chi connectivity index (χ1n) is 9.04. The van der Waals surface area contributed by atoms with E-state index in [4.69, 9.17) is 0 Å². The van der Waals surface area contributed by atoms with E-state index in [-0.39, 0.29) is 0 Å². The minimum atomic E-state index is -8.60. The molecule has 3 nitrogen and oxygen atoms in total. The van der Waals surface area contributed by atoms with Gasteiger partial charge in [0.1, 0.15) is 0 Å². The van der Waals surface area contributed by atoms with E-state index in [2.05, 4.69) is 0 Å². The summed E-state index contributed by atoms with van der Waals surface area (Å²) >= 11 is 0. The van der Waals surface area contributed by atoms with Gasteiger partial charge in [0.15, 0.2) is 0 Å². The average Bonchev–Trinajstić information content (AvgIpc) is 2.72. The number of hydrogen-bond acceptors (Lipinski definition) is 3. The quantitative estimate of drug-likeness (QED) is 0.126. The second kappa shape index (κ2) is 11.5. The number of rotatable bonds is 10. The first-order valence-corrected chi connectivity index (χ1v) is 9.04. The van der Waals surface area contributed by atoms with Crippen LogP contribution in [0.2, 0.25) is 0 Å². The van der Waals surface area contributed by atoms with Crippen molar-refractivity contribution in [2.24, 2.45) is 0 Å². The van der Waals surface area contributed by atoms with Crippen LogP contribution in [-0.4, -0.2) is 70.8 Å². The van der Waals surface area contributed by atoms with Crippen LogP contribution in [0, 0.1) is 0 Å². The molecule has 0 fully saturated rings. The largest absolute Gasteiger partial charge is 0.472 e. The molecule has 0 saturated carbocycles. The minimum absolute atomic E-state index is 1.80. The summed E-state index contributed by atoms with van der Waals surface area (Å²) in [4.78, 5) is -9.36. The molecule has 0 aliphatic heterocycles. The third-order valence-corrected chi connectivity index (χ3v) is 4.20. The van der Waals surface area contributed by atoms with E-state index in [1.165, 1.54) is 0 Å². The Bertz CT molecular complexity index is 1020. The molecule has 0 aliphatic carbocycles. The molecule has 0 saturated heterocycles. The first kappa shape index (κ1) is 42.2. The zero-order chi connectivity index (χ0) is 37.2. The lowest BCUT2D eigenvalue weighted by atomic mass is 10.1. The van der Waals surface area contributed by atoms with Gasteiger partial charge in [0.2, 0.25) is 11.7 Å². The highest BCUT2D eigenvalue weighted by Gasteiger charge is 2.84. The van der Waals surface area contributed by atoms with Gasteiger partial charge in [-0.15, -0.1) is 0 Å². The Kier molecular flexibility index (Phi) is 10.8. The Morgan fingerprint density at radius 2 is 0.511 bits per heavy atom. The number of halogens is 28. The topological polar surface area (TPSA) is 15.7 Å². The molecule has 0 aromatic heterocycles. The van der Waals surface area contributed by atoms with Gasteiger partial charge >= 0.3 is 73.0 Å². The highest BCUT2D eigenvalue weighted by atomic mass is 19.4. The summed E-state index contributed by atoms with van der Waals surface area (Å²) in [5.41, 5.74) is 0. The summed E-state index contributed by atoms with van der Waals surface area (Å²) in [6, 6.07) is -27.1. The van der Waals surface area contributed by atoms with Crippen molar-refractivity contribution in [1.29, 1.82) is 0 Å². The van der Waals surface area contributed by atoms with Crippen molar-refractivity contribution < 1.29 is 128 Å². The molecule has 0 spiro atoms. The Labute approximate surface area is 223 Å². The van der Waals surface area contributed by atoms with Crippen molar-refractivity contribution in [3.05, 3.63) is 23.7 Å². The summed E-state index contributed by atoms with van der Waals surface area (Å²) in [5.74, 6) is -44.6. The number of hydrogen-bond donors (Lipinski definition) is 0. The molecule has 0 atom stereocenters. The van der Waals surface area contributed by atoms with Crippen LogP contribution >= 0.6 is 0 Å². The fourth-order valence-corrected chi connectivity index (χ4v) is 2.27. The Morgan fingerprint density at radius 1 is 0.333 bits per heavy atom. The van der Waals surface area contributed by atoms with Gasteiger partial charge in [0, 0.05) is 0 Å². The predicted octanol–water partition coefficient (Wildman–Crippen LogP) is 9.63. The summed E-state index contributed by atoms with van der Waals surface area (Å²) in [5, 5.41) is 0. The van der Waals surface area contributed by atoms with Crippen LogP contribution in [0.4, 0.5) is 123 Å². The average molecular weight is 744 g/mol. The number of alkyl halides is 24. The molecule has 31 heteroatoms. The minimum Gasteiger partial charge on any atom is -0.400 e. The second-order valence-corrected chi connectivity index (χ2v) is 7.20. The van der Waals surface area contributed by atoms with E-state index < -0.39 is 94.5 Å². The van der Waals surface area contributed by atoms with E-state index in [0.717, 1.165) is 0 Å². The van der Waals surface area contributed by atoms with Crippen LogP contribution in [0.3, 0.4) is 0 Å². The van der Waals surface area contributed by atoms with Crippen LogP contribution in [-0.2, 0) is 4.74 Å². The Hall–Kier alpha value is -2.76. The molecule has 0 aliphatic rings. The standard InChI is InChI=1S/C14F28N2O/c15-1(5(19,20)7(23,24)9(27,28)43(11(31,32)33)12(34,35)36)3(17)45-4(18)2(16)6(21,22)8(25,26)10(29,30)44(13(37,38)39)14(40,41)42. The lowest BCUT2D eigenvalue weighted by Gasteiger charge is -2.39. The third-order valence-electron chi connectivity index (χ3n) is 4.20. The summed E-state index contributed by atoms with van der Waals surface area (Å²) in [6.45, 7) is 0.